The third-order valence-electron chi connectivity index (χ3n) is 4.27. The molecule has 0 saturated carbocycles. The Morgan fingerprint density at radius 1 is 1.19 bits per heavy atom. The topological polar surface area (TPSA) is 88.0 Å². The van der Waals surface area contributed by atoms with Crippen molar-refractivity contribution in [2.24, 2.45) is 0 Å². The first kappa shape index (κ1) is 19.3. The van der Waals surface area contributed by atoms with Gasteiger partial charge < -0.3 is 15.4 Å². The van der Waals surface area contributed by atoms with Crippen molar-refractivity contribution in [2.45, 2.75) is 26.3 Å². The van der Waals surface area contributed by atoms with E-state index in [4.69, 9.17) is 4.74 Å². The molecule has 1 aliphatic heterocycles. The number of aromatic nitrogens is 2. The summed E-state index contributed by atoms with van der Waals surface area (Å²) in [5.74, 6) is -0.378. The molecule has 146 valence electrons. The SMILES string of the molecule is CC(C)(C)NC(=O)c1nc(C(=O)NCCN2CCOCC2)c2ccccn12. The smallest absolute Gasteiger partial charge is 0.288 e. The van der Waals surface area contributed by atoms with Gasteiger partial charge >= 0.3 is 0 Å². The van der Waals surface area contributed by atoms with Crippen molar-refractivity contribution < 1.29 is 14.3 Å². The molecule has 1 aliphatic rings. The van der Waals surface area contributed by atoms with Crippen molar-refractivity contribution in [2.75, 3.05) is 39.4 Å². The lowest BCUT2D eigenvalue weighted by Crippen LogP contribution is -2.41. The highest BCUT2D eigenvalue weighted by Crippen LogP contribution is 2.14. The van der Waals surface area contributed by atoms with E-state index >= 15 is 0 Å². The van der Waals surface area contributed by atoms with E-state index in [1.54, 1.807) is 16.7 Å². The van der Waals surface area contributed by atoms with Gasteiger partial charge in [-0.25, -0.2) is 4.98 Å². The van der Waals surface area contributed by atoms with Crippen LogP contribution in [0.15, 0.2) is 24.4 Å². The second-order valence-corrected chi connectivity index (χ2v) is 7.65. The van der Waals surface area contributed by atoms with E-state index in [9.17, 15) is 9.59 Å². The minimum absolute atomic E-state index is 0.207. The number of imidazole rings is 1. The first-order chi connectivity index (χ1) is 12.8. The normalized spacial score (nSPS) is 15.7. The number of pyridine rings is 1. The Balaban J connectivity index is 1.73. The molecule has 8 heteroatoms. The second-order valence-electron chi connectivity index (χ2n) is 7.65. The van der Waals surface area contributed by atoms with E-state index < -0.39 is 5.54 Å². The molecule has 3 rings (SSSR count). The summed E-state index contributed by atoms with van der Waals surface area (Å²) in [4.78, 5) is 31.8. The number of carbonyl (C=O) groups excluding carboxylic acids is 2. The summed E-state index contributed by atoms with van der Waals surface area (Å²) in [6.07, 6.45) is 1.74. The molecule has 2 aromatic rings. The third-order valence-corrected chi connectivity index (χ3v) is 4.27. The summed E-state index contributed by atoms with van der Waals surface area (Å²) < 4.78 is 6.98. The summed E-state index contributed by atoms with van der Waals surface area (Å²) in [6.45, 7) is 10.2. The summed E-state index contributed by atoms with van der Waals surface area (Å²) >= 11 is 0. The van der Waals surface area contributed by atoms with Crippen LogP contribution >= 0.6 is 0 Å². The number of carbonyl (C=O) groups is 2. The minimum atomic E-state index is -0.391. The van der Waals surface area contributed by atoms with Crippen LogP contribution in [0, 0.1) is 0 Å². The molecule has 0 atom stereocenters. The Labute approximate surface area is 158 Å². The summed E-state index contributed by atoms with van der Waals surface area (Å²) in [6, 6.07) is 5.42. The van der Waals surface area contributed by atoms with E-state index in [0.717, 1.165) is 32.8 Å². The van der Waals surface area contributed by atoms with E-state index in [1.165, 1.54) is 0 Å². The zero-order valence-corrected chi connectivity index (χ0v) is 16.1. The zero-order valence-electron chi connectivity index (χ0n) is 16.1. The summed E-state index contributed by atoms with van der Waals surface area (Å²) in [7, 11) is 0. The Morgan fingerprint density at radius 2 is 1.93 bits per heavy atom. The highest BCUT2D eigenvalue weighted by atomic mass is 16.5. The molecule has 0 aliphatic carbocycles. The number of morpholine rings is 1. The number of amides is 2. The average molecular weight is 373 g/mol. The van der Waals surface area contributed by atoms with Crippen LogP contribution < -0.4 is 10.6 Å². The van der Waals surface area contributed by atoms with Gasteiger partial charge in [0.1, 0.15) is 0 Å². The lowest BCUT2D eigenvalue weighted by Gasteiger charge is -2.26. The van der Waals surface area contributed by atoms with Gasteiger partial charge in [-0.2, -0.15) is 0 Å². The first-order valence-electron chi connectivity index (χ1n) is 9.23. The van der Waals surface area contributed by atoms with Gasteiger partial charge in [-0.1, -0.05) is 6.07 Å². The van der Waals surface area contributed by atoms with Crippen molar-refractivity contribution in [3.05, 3.63) is 35.9 Å². The standard InChI is InChI=1S/C19H27N5O3/c1-19(2,3)22-18(26)16-21-15(14-6-4-5-8-24(14)16)17(25)20-7-9-23-10-12-27-13-11-23/h4-6,8H,7,9-13H2,1-3H3,(H,20,25)(H,22,26). The average Bonchev–Trinajstić information content (AvgIpc) is 3.01. The van der Waals surface area contributed by atoms with E-state index in [2.05, 4.69) is 20.5 Å². The lowest BCUT2D eigenvalue weighted by molar-refractivity contribution is 0.0383. The Bertz CT molecular complexity index is 818. The Morgan fingerprint density at radius 3 is 2.63 bits per heavy atom. The molecule has 2 N–H and O–H groups in total. The van der Waals surface area contributed by atoms with Crippen molar-refractivity contribution >= 4 is 17.3 Å². The van der Waals surface area contributed by atoms with E-state index in [0.29, 0.717) is 12.1 Å². The monoisotopic (exact) mass is 373 g/mol. The van der Waals surface area contributed by atoms with Crippen molar-refractivity contribution in [1.29, 1.82) is 0 Å². The molecule has 1 fully saturated rings. The Hall–Kier alpha value is -2.45. The minimum Gasteiger partial charge on any atom is -0.379 e. The largest absolute Gasteiger partial charge is 0.379 e. The van der Waals surface area contributed by atoms with Gasteiger partial charge in [-0.05, 0) is 32.9 Å². The van der Waals surface area contributed by atoms with Gasteiger partial charge in [-0.3, -0.25) is 18.9 Å². The number of nitrogens with zero attached hydrogens (tertiary/aromatic N) is 3. The molecule has 8 nitrogen and oxygen atoms in total. The van der Waals surface area contributed by atoms with Crippen LogP contribution in [0.4, 0.5) is 0 Å². The van der Waals surface area contributed by atoms with Crippen LogP contribution in [0.5, 0.6) is 0 Å². The van der Waals surface area contributed by atoms with Crippen LogP contribution in [0.3, 0.4) is 0 Å². The summed E-state index contributed by atoms with van der Waals surface area (Å²) in [5, 5.41) is 5.80. The maximum Gasteiger partial charge on any atom is 0.288 e. The Kier molecular flexibility index (Phi) is 5.76. The molecule has 2 amide bonds. The van der Waals surface area contributed by atoms with Crippen LogP contribution in [0.1, 0.15) is 41.9 Å². The van der Waals surface area contributed by atoms with Crippen molar-refractivity contribution in [1.82, 2.24) is 24.9 Å². The third kappa shape index (κ3) is 4.84. The van der Waals surface area contributed by atoms with Gasteiger partial charge in [0.15, 0.2) is 5.69 Å². The van der Waals surface area contributed by atoms with Crippen LogP contribution in [-0.2, 0) is 4.74 Å². The molecule has 27 heavy (non-hydrogen) atoms. The number of fused-ring (bicyclic) bond motifs is 1. The van der Waals surface area contributed by atoms with Gasteiger partial charge in [0.25, 0.3) is 11.8 Å². The van der Waals surface area contributed by atoms with E-state index in [1.807, 2.05) is 32.9 Å². The fourth-order valence-electron chi connectivity index (χ4n) is 3.00. The number of hydrogen-bond acceptors (Lipinski definition) is 5. The summed E-state index contributed by atoms with van der Waals surface area (Å²) in [5.41, 5.74) is 0.482. The molecule has 1 saturated heterocycles. The first-order valence-corrected chi connectivity index (χ1v) is 9.23. The zero-order chi connectivity index (χ0) is 19.4. The maximum absolute atomic E-state index is 12.7. The second kappa shape index (κ2) is 8.06. The van der Waals surface area contributed by atoms with Crippen molar-refractivity contribution in [3.63, 3.8) is 0 Å². The van der Waals surface area contributed by atoms with Crippen LogP contribution in [-0.4, -0.2) is 71.0 Å². The predicted molar refractivity (Wildman–Crippen MR) is 102 cm³/mol. The molecule has 0 bridgehead atoms. The quantitative estimate of drug-likeness (QED) is 0.814. The fourth-order valence-corrected chi connectivity index (χ4v) is 3.00. The van der Waals surface area contributed by atoms with E-state index in [-0.39, 0.29) is 23.3 Å². The molecular weight excluding hydrogens is 346 g/mol. The lowest BCUT2D eigenvalue weighted by atomic mass is 10.1. The van der Waals surface area contributed by atoms with Gasteiger partial charge in [0.05, 0.1) is 18.7 Å². The highest BCUT2D eigenvalue weighted by molar-refractivity contribution is 6.02. The number of hydrogen-bond donors (Lipinski definition) is 2. The fraction of sp³-hybridized carbons (Fsp3) is 0.526. The number of rotatable bonds is 5. The molecule has 0 spiro atoms. The van der Waals surface area contributed by atoms with Gasteiger partial charge in [0.2, 0.25) is 5.82 Å². The molecule has 0 unspecified atom stereocenters. The highest BCUT2D eigenvalue weighted by Gasteiger charge is 2.24. The molecule has 0 radical (unpaired) electrons. The number of nitrogens with one attached hydrogen (secondary N) is 2. The molecule has 2 aromatic heterocycles. The maximum atomic E-state index is 12.7. The van der Waals surface area contributed by atoms with Gasteiger partial charge in [0, 0.05) is 37.9 Å². The van der Waals surface area contributed by atoms with Crippen LogP contribution in [0.2, 0.25) is 0 Å². The number of ether oxygens (including phenoxy) is 1. The predicted octanol–water partition coefficient (Wildman–Crippen LogP) is 0.925. The molecular formula is C19H27N5O3. The van der Waals surface area contributed by atoms with Crippen LogP contribution in [0.25, 0.3) is 5.52 Å². The molecule has 0 aromatic carbocycles. The van der Waals surface area contributed by atoms with Gasteiger partial charge in [-0.15, -0.1) is 0 Å². The molecule has 3 heterocycles. The van der Waals surface area contributed by atoms with Crippen molar-refractivity contribution in [3.8, 4) is 0 Å².